The van der Waals surface area contributed by atoms with Crippen molar-refractivity contribution in [3.05, 3.63) is 41.8 Å². The Morgan fingerprint density at radius 3 is 2.68 bits per heavy atom. The average Bonchev–Trinajstić information content (AvgIpc) is 3.21. The molecule has 1 saturated carbocycles. The largest absolute Gasteiger partial charge is 0.396 e. The molecule has 1 amide bonds. The van der Waals surface area contributed by atoms with Crippen LogP contribution in [0.2, 0.25) is 0 Å². The van der Waals surface area contributed by atoms with E-state index in [1.165, 1.54) is 16.8 Å². The summed E-state index contributed by atoms with van der Waals surface area (Å²) in [6.45, 7) is 0.568. The molecule has 1 aliphatic carbocycles. The van der Waals surface area contributed by atoms with Gasteiger partial charge in [-0.3, -0.25) is 9.48 Å². The van der Waals surface area contributed by atoms with Crippen molar-refractivity contribution in [1.82, 2.24) is 15.1 Å². The van der Waals surface area contributed by atoms with Gasteiger partial charge in [0.1, 0.15) is 11.5 Å². The molecular formula is C16H18FN3O2. The van der Waals surface area contributed by atoms with Crippen molar-refractivity contribution in [3.63, 3.8) is 0 Å². The van der Waals surface area contributed by atoms with Crippen LogP contribution < -0.4 is 5.32 Å². The molecule has 0 unspecified atom stereocenters. The molecule has 1 aliphatic rings. The predicted molar refractivity (Wildman–Crippen MR) is 79.7 cm³/mol. The SMILES string of the molecule is Cn1nc(-c2ccc(F)cc2)cc1C(=O)NCC1(CO)CC1. The molecule has 2 N–H and O–H groups in total. The van der Waals surface area contributed by atoms with Crippen molar-refractivity contribution < 1.29 is 14.3 Å². The highest BCUT2D eigenvalue weighted by atomic mass is 19.1. The first-order valence-corrected chi connectivity index (χ1v) is 7.22. The normalized spacial score (nSPS) is 15.6. The van der Waals surface area contributed by atoms with Crippen molar-refractivity contribution in [1.29, 1.82) is 0 Å². The number of aromatic nitrogens is 2. The van der Waals surface area contributed by atoms with Crippen LogP contribution in [-0.4, -0.2) is 33.9 Å². The van der Waals surface area contributed by atoms with Gasteiger partial charge < -0.3 is 10.4 Å². The molecule has 1 aromatic heterocycles. The van der Waals surface area contributed by atoms with E-state index >= 15 is 0 Å². The minimum atomic E-state index is -0.309. The lowest BCUT2D eigenvalue weighted by Crippen LogP contribution is -2.32. The van der Waals surface area contributed by atoms with E-state index in [-0.39, 0.29) is 23.7 Å². The van der Waals surface area contributed by atoms with Gasteiger partial charge in [0, 0.05) is 24.6 Å². The smallest absolute Gasteiger partial charge is 0.269 e. The van der Waals surface area contributed by atoms with Crippen molar-refractivity contribution in [3.8, 4) is 11.3 Å². The van der Waals surface area contributed by atoms with Crippen molar-refractivity contribution in [2.75, 3.05) is 13.2 Å². The summed E-state index contributed by atoms with van der Waals surface area (Å²) < 4.78 is 14.5. The van der Waals surface area contributed by atoms with Crippen LogP contribution in [0.4, 0.5) is 4.39 Å². The summed E-state index contributed by atoms with van der Waals surface area (Å²) in [4.78, 5) is 12.2. The minimum Gasteiger partial charge on any atom is -0.396 e. The van der Waals surface area contributed by atoms with E-state index < -0.39 is 0 Å². The lowest BCUT2D eigenvalue weighted by atomic mass is 10.1. The van der Waals surface area contributed by atoms with Crippen LogP contribution in [-0.2, 0) is 7.05 Å². The van der Waals surface area contributed by atoms with E-state index in [4.69, 9.17) is 0 Å². The van der Waals surface area contributed by atoms with Crippen LogP contribution in [0.5, 0.6) is 0 Å². The van der Waals surface area contributed by atoms with Crippen molar-refractivity contribution >= 4 is 5.91 Å². The van der Waals surface area contributed by atoms with E-state index in [1.807, 2.05) is 0 Å². The molecule has 3 rings (SSSR count). The van der Waals surface area contributed by atoms with Crippen LogP contribution in [0.1, 0.15) is 23.3 Å². The summed E-state index contributed by atoms with van der Waals surface area (Å²) in [7, 11) is 1.70. The Labute approximate surface area is 127 Å². The Kier molecular flexibility index (Phi) is 3.70. The van der Waals surface area contributed by atoms with Crippen LogP contribution in [0, 0.1) is 11.2 Å². The number of aliphatic hydroxyl groups is 1. The van der Waals surface area contributed by atoms with E-state index in [2.05, 4.69) is 10.4 Å². The highest BCUT2D eigenvalue weighted by Crippen LogP contribution is 2.44. The number of carbonyl (C=O) groups excluding carboxylic acids is 1. The van der Waals surface area contributed by atoms with Gasteiger partial charge in [-0.15, -0.1) is 0 Å². The highest BCUT2D eigenvalue weighted by Gasteiger charge is 2.42. The summed E-state index contributed by atoms with van der Waals surface area (Å²) >= 11 is 0. The summed E-state index contributed by atoms with van der Waals surface area (Å²) in [6.07, 6.45) is 1.88. The second kappa shape index (κ2) is 5.53. The highest BCUT2D eigenvalue weighted by molar-refractivity contribution is 5.93. The van der Waals surface area contributed by atoms with Gasteiger partial charge in [0.2, 0.25) is 0 Å². The third-order valence-corrected chi connectivity index (χ3v) is 4.17. The number of benzene rings is 1. The van der Waals surface area contributed by atoms with E-state index in [0.717, 1.165) is 18.4 Å². The molecule has 0 aliphatic heterocycles. The first-order chi connectivity index (χ1) is 10.5. The molecule has 0 saturated heterocycles. The number of rotatable bonds is 5. The molecule has 116 valence electrons. The molecule has 0 atom stereocenters. The number of nitrogens with zero attached hydrogens (tertiary/aromatic N) is 2. The van der Waals surface area contributed by atoms with Gasteiger partial charge in [-0.05, 0) is 43.2 Å². The molecule has 1 fully saturated rings. The van der Waals surface area contributed by atoms with E-state index in [0.29, 0.717) is 17.9 Å². The fourth-order valence-corrected chi connectivity index (χ4v) is 2.37. The Morgan fingerprint density at radius 2 is 2.09 bits per heavy atom. The second-order valence-electron chi connectivity index (χ2n) is 5.89. The van der Waals surface area contributed by atoms with Crippen LogP contribution >= 0.6 is 0 Å². The summed E-state index contributed by atoms with van der Waals surface area (Å²) in [5.41, 5.74) is 1.68. The molecule has 0 bridgehead atoms. The maximum atomic E-state index is 13.0. The number of carbonyl (C=O) groups is 1. The van der Waals surface area contributed by atoms with Gasteiger partial charge in [0.05, 0.1) is 12.3 Å². The van der Waals surface area contributed by atoms with Gasteiger partial charge in [-0.25, -0.2) is 4.39 Å². The molecule has 0 radical (unpaired) electrons. The van der Waals surface area contributed by atoms with Crippen LogP contribution in [0.15, 0.2) is 30.3 Å². The van der Waals surface area contributed by atoms with Gasteiger partial charge in [0.15, 0.2) is 0 Å². The minimum absolute atomic E-state index is 0.0967. The van der Waals surface area contributed by atoms with Gasteiger partial charge in [0.25, 0.3) is 5.91 Å². The third-order valence-electron chi connectivity index (χ3n) is 4.17. The number of aryl methyl sites for hydroxylation is 1. The number of hydrogen-bond acceptors (Lipinski definition) is 3. The number of amides is 1. The van der Waals surface area contributed by atoms with Gasteiger partial charge in [-0.1, -0.05) is 0 Å². The lowest BCUT2D eigenvalue weighted by molar-refractivity contribution is 0.0926. The molecule has 1 heterocycles. The Morgan fingerprint density at radius 1 is 1.41 bits per heavy atom. The van der Waals surface area contributed by atoms with Crippen molar-refractivity contribution in [2.24, 2.45) is 12.5 Å². The summed E-state index contributed by atoms with van der Waals surface area (Å²) in [6, 6.07) is 7.67. The molecular weight excluding hydrogens is 285 g/mol. The average molecular weight is 303 g/mol. The van der Waals surface area contributed by atoms with Crippen molar-refractivity contribution in [2.45, 2.75) is 12.8 Å². The monoisotopic (exact) mass is 303 g/mol. The number of hydrogen-bond donors (Lipinski definition) is 2. The molecule has 22 heavy (non-hydrogen) atoms. The lowest BCUT2D eigenvalue weighted by Gasteiger charge is -2.12. The quantitative estimate of drug-likeness (QED) is 0.884. The zero-order valence-electron chi connectivity index (χ0n) is 12.3. The molecule has 1 aromatic carbocycles. The maximum absolute atomic E-state index is 13.0. The zero-order valence-corrected chi connectivity index (χ0v) is 12.3. The van der Waals surface area contributed by atoms with Crippen LogP contribution in [0.25, 0.3) is 11.3 Å². The predicted octanol–water partition coefficient (Wildman–Crippen LogP) is 1.73. The number of aliphatic hydroxyl groups excluding tert-OH is 1. The zero-order chi connectivity index (χ0) is 15.7. The molecule has 2 aromatic rings. The Bertz CT molecular complexity index is 690. The number of nitrogens with one attached hydrogen (secondary N) is 1. The van der Waals surface area contributed by atoms with Crippen LogP contribution in [0.3, 0.4) is 0 Å². The molecule has 6 heteroatoms. The van der Waals surface area contributed by atoms with E-state index in [9.17, 15) is 14.3 Å². The van der Waals surface area contributed by atoms with Gasteiger partial charge in [-0.2, -0.15) is 5.10 Å². The first-order valence-electron chi connectivity index (χ1n) is 7.22. The summed E-state index contributed by atoms with van der Waals surface area (Å²) in [5.74, 6) is -0.528. The topological polar surface area (TPSA) is 67.2 Å². The number of halogens is 1. The van der Waals surface area contributed by atoms with Gasteiger partial charge >= 0.3 is 0 Å². The van der Waals surface area contributed by atoms with E-state index in [1.54, 1.807) is 25.2 Å². The second-order valence-corrected chi connectivity index (χ2v) is 5.89. The molecule has 5 nitrogen and oxygen atoms in total. The maximum Gasteiger partial charge on any atom is 0.269 e. The Hall–Kier alpha value is -2.21. The first kappa shape index (κ1) is 14.7. The molecule has 0 spiro atoms. The summed E-state index contributed by atoms with van der Waals surface area (Å²) in [5, 5.41) is 16.4. The standard InChI is InChI=1S/C16H18FN3O2/c1-20-14(15(22)18-9-16(10-21)6-7-16)8-13(19-20)11-2-4-12(17)5-3-11/h2-5,8,21H,6-7,9-10H2,1H3,(H,18,22). The fourth-order valence-electron chi connectivity index (χ4n) is 2.37. The fraction of sp³-hybridized carbons (Fsp3) is 0.375. The third kappa shape index (κ3) is 2.87. The Balaban J connectivity index is 1.74.